The first-order chi connectivity index (χ1) is 15.5. The Morgan fingerprint density at radius 3 is 2.00 bits per heavy atom. The summed E-state index contributed by atoms with van der Waals surface area (Å²) >= 11 is 0. The van der Waals surface area contributed by atoms with E-state index in [-0.39, 0.29) is 6.04 Å². The van der Waals surface area contributed by atoms with Crippen LogP contribution in [0.15, 0.2) is 84.9 Å². The van der Waals surface area contributed by atoms with Crippen LogP contribution in [0.5, 0.6) is 0 Å². The van der Waals surface area contributed by atoms with Crippen molar-refractivity contribution in [2.45, 2.75) is 36.9 Å². The minimum atomic E-state index is -0.915. The minimum absolute atomic E-state index is 0.221. The fourth-order valence-electron chi connectivity index (χ4n) is 4.08. The molecule has 1 fully saturated rings. The van der Waals surface area contributed by atoms with Crippen LogP contribution in [0.3, 0.4) is 0 Å². The van der Waals surface area contributed by atoms with Gasteiger partial charge in [0.05, 0.1) is 0 Å². The monoisotopic (exact) mass is 428 g/mol. The van der Waals surface area contributed by atoms with Crippen LogP contribution in [0, 0.1) is 0 Å². The molecule has 1 saturated carbocycles. The zero-order chi connectivity index (χ0) is 22.5. The van der Waals surface area contributed by atoms with Crippen LogP contribution in [0.2, 0.25) is 0 Å². The molecule has 6 nitrogen and oxygen atoms in total. The van der Waals surface area contributed by atoms with Crippen molar-refractivity contribution in [1.82, 2.24) is 10.6 Å². The number of hydrogen-bond donors (Lipinski definition) is 4. The summed E-state index contributed by atoms with van der Waals surface area (Å²) < 4.78 is 0. The first-order valence-corrected chi connectivity index (χ1v) is 10.8. The van der Waals surface area contributed by atoms with E-state index in [1.807, 2.05) is 72.8 Å². The first kappa shape index (κ1) is 21.6. The molecule has 1 aliphatic rings. The van der Waals surface area contributed by atoms with Gasteiger partial charge in [0.1, 0.15) is 6.04 Å². The Morgan fingerprint density at radius 1 is 0.875 bits per heavy atom. The van der Waals surface area contributed by atoms with Crippen LogP contribution >= 0.6 is 0 Å². The molecule has 0 saturated heterocycles. The van der Waals surface area contributed by atoms with Crippen molar-refractivity contribution in [3.63, 3.8) is 0 Å². The van der Waals surface area contributed by atoms with Gasteiger partial charge in [0.15, 0.2) is 0 Å². The van der Waals surface area contributed by atoms with Crippen LogP contribution in [-0.4, -0.2) is 24.0 Å². The van der Waals surface area contributed by atoms with Gasteiger partial charge in [-0.15, -0.1) is 0 Å². The molecule has 4 atom stereocenters. The van der Waals surface area contributed by atoms with Crippen LogP contribution in [-0.2, 0) is 11.3 Å². The van der Waals surface area contributed by atoms with E-state index in [1.54, 1.807) is 0 Å². The zero-order valence-corrected chi connectivity index (χ0v) is 17.8. The molecule has 0 aromatic heterocycles. The van der Waals surface area contributed by atoms with Crippen LogP contribution in [0.1, 0.15) is 40.5 Å². The van der Waals surface area contributed by atoms with Crippen LogP contribution in [0.25, 0.3) is 0 Å². The lowest BCUT2D eigenvalue weighted by Gasteiger charge is -2.27. The Hall–Kier alpha value is -3.64. The van der Waals surface area contributed by atoms with Crippen molar-refractivity contribution in [1.29, 1.82) is 0 Å². The Bertz CT molecular complexity index is 1050. The summed E-state index contributed by atoms with van der Waals surface area (Å²) in [6.07, 6.45) is 0.995. The molecule has 32 heavy (non-hydrogen) atoms. The lowest BCUT2D eigenvalue weighted by Crippen LogP contribution is -2.51. The van der Waals surface area contributed by atoms with Crippen molar-refractivity contribution in [3.05, 3.63) is 107 Å². The molecule has 0 bridgehead atoms. The predicted octanol–water partition coefficient (Wildman–Crippen LogP) is 2.99. The average molecular weight is 429 g/mol. The molecule has 6 N–H and O–H groups in total. The van der Waals surface area contributed by atoms with Gasteiger partial charge in [-0.05, 0) is 28.7 Å². The van der Waals surface area contributed by atoms with E-state index in [4.69, 9.17) is 11.5 Å². The molecule has 4 rings (SSSR count). The van der Waals surface area contributed by atoms with E-state index in [2.05, 4.69) is 22.8 Å². The highest BCUT2D eigenvalue weighted by molar-refractivity contribution is 5.87. The van der Waals surface area contributed by atoms with Crippen molar-refractivity contribution in [2.24, 2.45) is 11.5 Å². The quantitative estimate of drug-likeness (QED) is 0.443. The maximum Gasteiger partial charge on any atom is 0.315 e. The third kappa shape index (κ3) is 5.15. The Kier molecular flexibility index (Phi) is 6.52. The number of nitrogens with one attached hydrogen (secondary N) is 2. The lowest BCUT2D eigenvalue weighted by molar-refractivity contribution is -0.120. The van der Waals surface area contributed by atoms with E-state index in [9.17, 15) is 9.59 Å². The molecule has 3 amide bonds. The van der Waals surface area contributed by atoms with Gasteiger partial charge in [0.25, 0.3) is 0 Å². The highest BCUT2D eigenvalue weighted by Gasteiger charge is 2.35. The average Bonchev–Trinajstić information content (AvgIpc) is 3.55. The molecule has 0 radical (unpaired) electrons. The number of hydrogen-bond acceptors (Lipinski definition) is 3. The van der Waals surface area contributed by atoms with E-state index in [1.165, 1.54) is 5.56 Å². The van der Waals surface area contributed by atoms with Gasteiger partial charge < -0.3 is 22.1 Å². The number of primary amides is 1. The Balaban J connectivity index is 1.56. The molecular formula is C26H28N4O2. The minimum Gasteiger partial charge on any atom is -0.368 e. The molecule has 0 spiro atoms. The maximum absolute atomic E-state index is 12.6. The van der Waals surface area contributed by atoms with E-state index in [0.717, 1.165) is 23.1 Å². The smallest absolute Gasteiger partial charge is 0.315 e. The Labute approximate surface area is 188 Å². The number of carbonyl (C=O) groups is 2. The zero-order valence-electron chi connectivity index (χ0n) is 17.8. The van der Waals surface area contributed by atoms with Gasteiger partial charge in [-0.2, -0.15) is 0 Å². The van der Waals surface area contributed by atoms with E-state index in [0.29, 0.717) is 12.5 Å². The fraction of sp³-hybridized carbons (Fsp3) is 0.231. The first-order valence-electron chi connectivity index (χ1n) is 10.8. The van der Waals surface area contributed by atoms with Gasteiger partial charge in [0, 0.05) is 24.4 Å². The molecule has 3 aromatic rings. The molecular weight excluding hydrogens is 400 g/mol. The molecule has 0 heterocycles. The lowest BCUT2D eigenvalue weighted by atomic mass is 9.84. The molecule has 3 aromatic carbocycles. The molecule has 6 heteroatoms. The van der Waals surface area contributed by atoms with Crippen molar-refractivity contribution < 1.29 is 9.59 Å². The van der Waals surface area contributed by atoms with Gasteiger partial charge >= 0.3 is 6.03 Å². The van der Waals surface area contributed by atoms with Gasteiger partial charge in [-0.1, -0.05) is 84.9 Å². The normalized spacial score (nSPS) is 18.9. The fourth-order valence-corrected chi connectivity index (χ4v) is 4.08. The van der Waals surface area contributed by atoms with Gasteiger partial charge in [-0.25, -0.2) is 4.79 Å². The predicted molar refractivity (Wildman–Crippen MR) is 125 cm³/mol. The number of amides is 3. The summed E-state index contributed by atoms with van der Waals surface area (Å²) in [5.41, 5.74) is 15.7. The third-order valence-electron chi connectivity index (χ3n) is 5.94. The number of benzene rings is 3. The van der Waals surface area contributed by atoms with Gasteiger partial charge in [0.2, 0.25) is 5.91 Å². The number of nitrogens with two attached hydrogens (primary N) is 2. The van der Waals surface area contributed by atoms with Crippen molar-refractivity contribution in [3.8, 4) is 0 Å². The van der Waals surface area contributed by atoms with E-state index < -0.39 is 23.9 Å². The SMILES string of the molecule is NC(=O)C(NC(=O)NCc1ccccc1)C(c1ccccc1)c1ccc(C2CC2N)cc1. The van der Waals surface area contributed by atoms with Crippen molar-refractivity contribution in [2.75, 3.05) is 0 Å². The highest BCUT2D eigenvalue weighted by Crippen LogP contribution is 2.39. The largest absolute Gasteiger partial charge is 0.368 e. The second-order valence-electron chi connectivity index (χ2n) is 8.25. The summed E-state index contributed by atoms with van der Waals surface area (Å²) in [4.78, 5) is 25.1. The summed E-state index contributed by atoms with van der Waals surface area (Å²) in [6, 6.07) is 26.1. The van der Waals surface area contributed by atoms with E-state index >= 15 is 0 Å². The number of urea groups is 1. The maximum atomic E-state index is 12.6. The molecule has 4 unspecified atom stereocenters. The second kappa shape index (κ2) is 9.66. The summed E-state index contributed by atoms with van der Waals surface area (Å²) in [7, 11) is 0. The highest BCUT2D eigenvalue weighted by atomic mass is 16.2. The standard InChI is InChI=1S/C26H28N4O2/c27-22-15-21(22)18-11-13-20(14-12-18)23(19-9-5-2-6-10-19)24(25(28)31)30-26(32)29-16-17-7-3-1-4-8-17/h1-14,21-24H,15-16,27H2,(H2,28,31)(H2,29,30,32). The van der Waals surface area contributed by atoms with Crippen LogP contribution in [0.4, 0.5) is 4.79 Å². The number of rotatable bonds is 8. The molecule has 1 aliphatic carbocycles. The van der Waals surface area contributed by atoms with Crippen molar-refractivity contribution >= 4 is 11.9 Å². The van der Waals surface area contributed by atoms with Gasteiger partial charge in [-0.3, -0.25) is 4.79 Å². The summed E-state index contributed by atoms with van der Waals surface area (Å²) in [5.74, 6) is -0.617. The van der Waals surface area contributed by atoms with Crippen LogP contribution < -0.4 is 22.1 Å². The summed E-state index contributed by atoms with van der Waals surface area (Å²) in [5, 5.41) is 5.60. The molecule has 0 aliphatic heterocycles. The topological polar surface area (TPSA) is 110 Å². The molecule has 164 valence electrons. The second-order valence-corrected chi connectivity index (χ2v) is 8.25. The number of carbonyl (C=O) groups excluding carboxylic acids is 2. The third-order valence-corrected chi connectivity index (χ3v) is 5.94. The summed E-state index contributed by atoms with van der Waals surface area (Å²) in [6.45, 7) is 0.352. The Morgan fingerprint density at radius 2 is 1.44 bits per heavy atom.